The first-order chi connectivity index (χ1) is 13.4. The van der Waals surface area contributed by atoms with E-state index in [1.165, 1.54) is 6.08 Å². The van der Waals surface area contributed by atoms with E-state index in [9.17, 15) is 14.7 Å². The van der Waals surface area contributed by atoms with Crippen molar-refractivity contribution in [3.8, 4) is 0 Å². The molecule has 2 aromatic rings. The Labute approximate surface area is 164 Å². The number of hydrogen-bond acceptors (Lipinski definition) is 4. The number of piperidine rings is 1. The van der Waals surface area contributed by atoms with Crippen molar-refractivity contribution in [2.24, 2.45) is 7.05 Å². The summed E-state index contributed by atoms with van der Waals surface area (Å²) < 4.78 is 1.59. The first kappa shape index (κ1) is 19.8. The SMILES string of the molecule is Cc1nn(C)c(C(=O)N2CC[C@@H](O)[C@H](NC(=O)C=Cc3ccccc3)C2)c1C. The maximum Gasteiger partial charge on any atom is 0.272 e. The summed E-state index contributed by atoms with van der Waals surface area (Å²) in [6.07, 6.45) is 2.88. The summed E-state index contributed by atoms with van der Waals surface area (Å²) in [6, 6.07) is 8.99. The van der Waals surface area contributed by atoms with Crippen molar-refractivity contribution in [3.05, 3.63) is 58.9 Å². The number of aliphatic hydroxyl groups is 1. The largest absolute Gasteiger partial charge is 0.391 e. The highest BCUT2D eigenvalue weighted by molar-refractivity contribution is 5.95. The lowest BCUT2D eigenvalue weighted by molar-refractivity contribution is -0.118. The maximum atomic E-state index is 13.0. The molecule has 0 saturated carbocycles. The lowest BCUT2D eigenvalue weighted by atomic mass is 10.0. The molecule has 28 heavy (non-hydrogen) atoms. The van der Waals surface area contributed by atoms with E-state index >= 15 is 0 Å². The number of rotatable bonds is 4. The van der Waals surface area contributed by atoms with E-state index < -0.39 is 12.1 Å². The van der Waals surface area contributed by atoms with Gasteiger partial charge in [-0.3, -0.25) is 14.3 Å². The molecule has 0 unspecified atom stereocenters. The number of likely N-dealkylation sites (tertiary alicyclic amines) is 1. The van der Waals surface area contributed by atoms with Crippen LogP contribution in [0.1, 0.15) is 33.7 Å². The molecular weight excluding hydrogens is 356 g/mol. The Kier molecular flexibility index (Phi) is 5.94. The van der Waals surface area contributed by atoms with Gasteiger partial charge in [-0.15, -0.1) is 0 Å². The highest BCUT2D eigenvalue weighted by atomic mass is 16.3. The zero-order chi connectivity index (χ0) is 20.3. The number of aliphatic hydroxyl groups excluding tert-OH is 1. The van der Waals surface area contributed by atoms with E-state index in [1.54, 1.807) is 22.7 Å². The molecule has 1 aliphatic rings. The summed E-state index contributed by atoms with van der Waals surface area (Å²) in [5, 5.41) is 17.4. The van der Waals surface area contributed by atoms with Crippen LogP contribution in [-0.2, 0) is 11.8 Å². The van der Waals surface area contributed by atoms with Gasteiger partial charge in [-0.1, -0.05) is 30.3 Å². The number of amides is 2. The molecule has 0 spiro atoms. The Morgan fingerprint density at radius 3 is 2.61 bits per heavy atom. The van der Waals surface area contributed by atoms with Crippen molar-refractivity contribution < 1.29 is 14.7 Å². The summed E-state index contributed by atoms with van der Waals surface area (Å²) in [5.74, 6) is -0.429. The summed E-state index contributed by atoms with van der Waals surface area (Å²) >= 11 is 0. The van der Waals surface area contributed by atoms with E-state index in [1.807, 2.05) is 44.2 Å². The fourth-order valence-corrected chi connectivity index (χ4v) is 3.45. The molecule has 3 rings (SSSR count). The van der Waals surface area contributed by atoms with Gasteiger partial charge in [0.15, 0.2) is 0 Å². The minimum absolute atomic E-state index is 0.133. The number of carbonyl (C=O) groups excluding carboxylic acids is 2. The topological polar surface area (TPSA) is 87.5 Å². The molecule has 2 heterocycles. The van der Waals surface area contributed by atoms with Gasteiger partial charge in [-0.05, 0) is 31.9 Å². The van der Waals surface area contributed by atoms with Gasteiger partial charge in [0.2, 0.25) is 5.91 Å². The molecule has 0 radical (unpaired) electrons. The fourth-order valence-electron chi connectivity index (χ4n) is 3.45. The Balaban J connectivity index is 1.66. The molecule has 0 bridgehead atoms. The zero-order valence-electron chi connectivity index (χ0n) is 16.4. The van der Waals surface area contributed by atoms with Gasteiger partial charge in [0, 0.05) is 31.8 Å². The van der Waals surface area contributed by atoms with Crippen LogP contribution >= 0.6 is 0 Å². The molecule has 2 amide bonds. The van der Waals surface area contributed by atoms with Gasteiger partial charge < -0.3 is 15.3 Å². The number of hydrogen-bond donors (Lipinski definition) is 2. The van der Waals surface area contributed by atoms with Crippen molar-refractivity contribution in [1.82, 2.24) is 20.0 Å². The van der Waals surface area contributed by atoms with Crippen LogP contribution in [0.25, 0.3) is 6.08 Å². The van der Waals surface area contributed by atoms with Crippen molar-refractivity contribution in [2.45, 2.75) is 32.4 Å². The van der Waals surface area contributed by atoms with E-state index in [0.29, 0.717) is 18.7 Å². The molecule has 7 heteroatoms. The zero-order valence-corrected chi connectivity index (χ0v) is 16.4. The first-order valence-electron chi connectivity index (χ1n) is 9.38. The molecule has 1 aromatic carbocycles. The lowest BCUT2D eigenvalue weighted by Gasteiger charge is -2.36. The normalized spacial score (nSPS) is 19.8. The summed E-state index contributed by atoms with van der Waals surface area (Å²) in [6.45, 7) is 4.45. The third kappa shape index (κ3) is 4.31. The maximum absolute atomic E-state index is 13.0. The standard InChI is InChI=1S/C21H26N4O3/c1-14-15(2)23-24(3)20(14)21(28)25-12-11-18(26)17(13-25)22-19(27)10-9-16-7-5-4-6-8-16/h4-10,17-18,26H,11-13H2,1-3H3,(H,22,27)/t17-,18-/m1/s1. The molecule has 1 aromatic heterocycles. The molecule has 1 saturated heterocycles. The predicted octanol–water partition coefficient (Wildman–Crippen LogP) is 1.44. The van der Waals surface area contributed by atoms with Crippen molar-refractivity contribution in [1.29, 1.82) is 0 Å². The van der Waals surface area contributed by atoms with Crippen molar-refractivity contribution >= 4 is 17.9 Å². The molecule has 2 N–H and O–H groups in total. The predicted molar refractivity (Wildman–Crippen MR) is 107 cm³/mol. The van der Waals surface area contributed by atoms with Gasteiger partial charge >= 0.3 is 0 Å². The van der Waals surface area contributed by atoms with E-state index in [0.717, 1.165) is 16.8 Å². The molecular formula is C21H26N4O3. The third-order valence-electron chi connectivity index (χ3n) is 5.14. The Morgan fingerprint density at radius 1 is 1.25 bits per heavy atom. The smallest absolute Gasteiger partial charge is 0.272 e. The summed E-state index contributed by atoms with van der Waals surface area (Å²) in [4.78, 5) is 26.9. The van der Waals surface area contributed by atoms with Crippen LogP contribution in [0.3, 0.4) is 0 Å². The Hall–Kier alpha value is -2.93. The Morgan fingerprint density at radius 2 is 1.96 bits per heavy atom. The highest BCUT2D eigenvalue weighted by Crippen LogP contribution is 2.18. The number of benzene rings is 1. The van der Waals surface area contributed by atoms with Crippen LogP contribution in [0.15, 0.2) is 36.4 Å². The fraction of sp³-hybridized carbons (Fsp3) is 0.381. The number of nitrogens with zero attached hydrogens (tertiary/aromatic N) is 3. The number of aryl methyl sites for hydroxylation is 2. The third-order valence-corrected chi connectivity index (χ3v) is 5.14. The van der Waals surface area contributed by atoms with E-state index in [2.05, 4.69) is 10.4 Å². The van der Waals surface area contributed by atoms with Gasteiger partial charge in [0.05, 0.1) is 17.8 Å². The van der Waals surface area contributed by atoms with Crippen LogP contribution in [0, 0.1) is 13.8 Å². The summed E-state index contributed by atoms with van der Waals surface area (Å²) in [7, 11) is 1.75. The van der Waals surface area contributed by atoms with Gasteiger partial charge in [-0.2, -0.15) is 5.10 Å². The van der Waals surface area contributed by atoms with E-state index in [4.69, 9.17) is 0 Å². The van der Waals surface area contributed by atoms with Crippen LogP contribution < -0.4 is 5.32 Å². The second-order valence-corrected chi connectivity index (χ2v) is 7.15. The average molecular weight is 382 g/mol. The van der Waals surface area contributed by atoms with Crippen LogP contribution in [-0.4, -0.2) is 56.8 Å². The van der Waals surface area contributed by atoms with Crippen molar-refractivity contribution in [3.63, 3.8) is 0 Å². The Bertz CT molecular complexity index is 889. The molecule has 7 nitrogen and oxygen atoms in total. The van der Waals surface area contributed by atoms with E-state index in [-0.39, 0.29) is 18.4 Å². The number of carbonyl (C=O) groups is 2. The molecule has 1 aliphatic heterocycles. The van der Waals surface area contributed by atoms with Gasteiger partial charge in [0.25, 0.3) is 5.91 Å². The molecule has 148 valence electrons. The summed E-state index contributed by atoms with van der Waals surface area (Å²) in [5.41, 5.74) is 3.13. The lowest BCUT2D eigenvalue weighted by Crippen LogP contribution is -2.56. The molecule has 2 atom stereocenters. The van der Waals surface area contributed by atoms with Crippen LogP contribution in [0.4, 0.5) is 0 Å². The second-order valence-electron chi connectivity index (χ2n) is 7.15. The minimum Gasteiger partial charge on any atom is -0.391 e. The molecule has 0 aliphatic carbocycles. The quantitative estimate of drug-likeness (QED) is 0.784. The monoisotopic (exact) mass is 382 g/mol. The molecule has 1 fully saturated rings. The van der Waals surface area contributed by atoms with Crippen LogP contribution in [0.2, 0.25) is 0 Å². The second kappa shape index (κ2) is 8.39. The van der Waals surface area contributed by atoms with Crippen LogP contribution in [0.5, 0.6) is 0 Å². The van der Waals surface area contributed by atoms with Gasteiger partial charge in [0.1, 0.15) is 5.69 Å². The number of aromatic nitrogens is 2. The average Bonchev–Trinajstić information content (AvgIpc) is 2.94. The van der Waals surface area contributed by atoms with Crippen molar-refractivity contribution in [2.75, 3.05) is 13.1 Å². The first-order valence-corrected chi connectivity index (χ1v) is 9.38. The highest BCUT2D eigenvalue weighted by Gasteiger charge is 2.33. The number of nitrogens with one attached hydrogen (secondary N) is 1. The van der Waals surface area contributed by atoms with Gasteiger partial charge in [-0.25, -0.2) is 0 Å². The minimum atomic E-state index is -0.688.